The summed E-state index contributed by atoms with van der Waals surface area (Å²) in [7, 11) is 0. The van der Waals surface area contributed by atoms with Crippen molar-refractivity contribution in [3.63, 3.8) is 0 Å². The molecule has 2 aliphatic rings. The number of fused-ring (bicyclic) bond motifs is 2. The zero-order chi connectivity index (χ0) is 30.1. The van der Waals surface area contributed by atoms with Crippen molar-refractivity contribution in [1.29, 1.82) is 0 Å². The number of allylic oxidation sites excluding steroid dienone is 4. The summed E-state index contributed by atoms with van der Waals surface area (Å²) < 4.78 is 5.28. The van der Waals surface area contributed by atoms with Gasteiger partial charge in [0.25, 0.3) is 5.91 Å². The summed E-state index contributed by atoms with van der Waals surface area (Å²) in [6.45, 7) is 5.23. The molecule has 2 amide bonds. The normalized spacial score (nSPS) is 32.8. The van der Waals surface area contributed by atoms with Crippen LogP contribution in [0.2, 0.25) is 0 Å². The summed E-state index contributed by atoms with van der Waals surface area (Å²) in [4.78, 5) is 50.4. The molecule has 0 radical (unpaired) electrons. The molecule has 11 nitrogen and oxygen atoms in total. The minimum absolute atomic E-state index is 0.0560. The summed E-state index contributed by atoms with van der Waals surface area (Å²) >= 11 is 0. The smallest absolute Gasteiger partial charge is 0.405 e. The van der Waals surface area contributed by atoms with Crippen molar-refractivity contribution in [1.82, 2.24) is 5.32 Å². The molecule has 1 aliphatic heterocycles. The lowest BCUT2D eigenvalue weighted by Gasteiger charge is -2.29. The molecule has 0 aromatic carbocycles. The van der Waals surface area contributed by atoms with Crippen LogP contribution in [0.15, 0.2) is 58.4 Å². The predicted octanol–water partition coefficient (Wildman–Crippen LogP) is 0.984. The van der Waals surface area contributed by atoms with Crippen LogP contribution in [0.3, 0.4) is 0 Å². The number of carbonyl (C=O) groups excluding carboxylic acids is 4. The van der Waals surface area contributed by atoms with Crippen LogP contribution < -0.4 is 11.1 Å². The number of rotatable bonds is 4. The Labute approximate surface area is 233 Å². The topological polar surface area (TPSA) is 196 Å². The molecule has 11 heteroatoms. The fraction of sp³-hybridized carbons (Fsp3) is 0.517. The van der Waals surface area contributed by atoms with Gasteiger partial charge in [-0.25, -0.2) is 4.79 Å². The van der Waals surface area contributed by atoms with E-state index in [2.05, 4.69) is 5.32 Å². The van der Waals surface area contributed by atoms with Crippen LogP contribution in [0, 0.1) is 23.7 Å². The molecule has 1 aliphatic carbocycles. The molecule has 1 unspecified atom stereocenters. The Morgan fingerprint density at radius 2 is 1.80 bits per heavy atom. The zero-order valence-corrected chi connectivity index (χ0v) is 23.3. The van der Waals surface area contributed by atoms with Gasteiger partial charge in [-0.3, -0.25) is 14.4 Å². The molecule has 0 aromatic rings. The van der Waals surface area contributed by atoms with Crippen molar-refractivity contribution >= 4 is 23.6 Å². The van der Waals surface area contributed by atoms with Crippen molar-refractivity contribution < 1.29 is 44.3 Å². The number of hydrogen-bond acceptors (Lipinski definition) is 9. The highest BCUT2D eigenvalue weighted by molar-refractivity contribution is 6.23. The molecule has 2 rings (SSSR count). The maximum Gasteiger partial charge on any atom is 0.405 e. The molecule has 40 heavy (non-hydrogen) atoms. The first-order valence-electron chi connectivity index (χ1n) is 13.2. The number of ether oxygens (including phenoxy) is 1. The third-order valence-electron chi connectivity index (χ3n) is 7.26. The number of Topliss-reactive ketones (excluding diaryl/α,β-unsaturated/α-hetero) is 1. The third kappa shape index (κ3) is 8.31. The molecule has 0 saturated heterocycles. The van der Waals surface area contributed by atoms with E-state index >= 15 is 0 Å². The second kappa shape index (κ2) is 14.8. The van der Waals surface area contributed by atoms with Crippen LogP contribution in [0.1, 0.15) is 40.5 Å². The molecule has 220 valence electrons. The molecule has 0 spiro atoms. The van der Waals surface area contributed by atoms with E-state index in [1.807, 2.05) is 0 Å². The Morgan fingerprint density at radius 1 is 1.12 bits per heavy atom. The van der Waals surface area contributed by atoms with Gasteiger partial charge in [0.2, 0.25) is 5.78 Å². The van der Waals surface area contributed by atoms with Gasteiger partial charge in [-0.15, -0.1) is 0 Å². The lowest BCUT2D eigenvalue weighted by Crippen LogP contribution is -2.34. The number of aliphatic hydroxyl groups excluding tert-OH is 4. The summed E-state index contributed by atoms with van der Waals surface area (Å²) in [5.74, 6) is -4.01. The molecular weight excluding hydrogens is 520 g/mol. The Bertz CT molecular complexity index is 1150. The van der Waals surface area contributed by atoms with Gasteiger partial charge in [-0.2, -0.15) is 0 Å². The quantitative estimate of drug-likeness (QED) is 0.214. The van der Waals surface area contributed by atoms with Crippen molar-refractivity contribution in [3.8, 4) is 0 Å². The van der Waals surface area contributed by atoms with E-state index in [0.29, 0.717) is 5.57 Å². The summed E-state index contributed by atoms with van der Waals surface area (Å²) in [6.07, 6.45) is 4.38. The minimum Gasteiger partial charge on any atom is -0.441 e. The summed E-state index contributed by atoms with van der Waals surface area (Å²) in [5.41, 5.74) is 5.76. The molecule has 0 fully saturated rings. The summed E-state index contributed by atoms with van der Waals surface area (Å²) in [5, 5.41) is 43.5. The van der Waals surface area contributed by atoms with Crippen LogP contribution >= 0.6 is 0 Å². The molecule has 0 aromatic heterocycles. The molecule has 1 heterocycles. The molecule has 6 atom stereocenters. The first kappa shape index (κ1) is 32.8. The van der Waals surface area contributed by atoms with E-state index < -0.39 is 66.7 Å². The lowest BCUT2D eigenvalue weighted by molar-refractivity contribution is -0.120. The number of nitrogens with one attached hydrogen (secondary N) is 1. The fourth-order valence-corrected chi connectivity index (χ4v) is 5.06. The first-order chi connectivity index (χ1) is 18.8. The molecule has 7 N–H and O–H groups in total. The van der Waals surface area contributed by atoms with Crippen LogP contribution in [-0.2, 0) is 19.1 Å². The van der Waals surface area contributed by atoms with Crippen LogP contribution in [0.25, 0.3) is 0 Å². The van der Waals surface area contributed by atoms with Crippen LogP contribution in [0.4, 0.5) is 4.79 Å². The number of hydrogen-bond donors (Lipinski definition) is 6. The van der Waals surface area contributed by atoms with Gasteiger partial charge in [0, 0.05) is 47.2 Å². The largest absolute Gasteiger partial charge is 0.441 e. The minimum atomic E-state index is -1.06. The van der Waals surface area contributed by atoms with E-state index in [1.54, 1.807) is 26.8 Å². The van der Waals surface area contributed by atoms with E-state index in [9.17, 15) is 39.6 Å². The third-order valence-corrected chi connectivity index (χ3v) is 7.26. The summed E-state index contributed by atoms with van der Waals surface area (Å²) in [6, 6.07) is 0. The maximum absolute atomic E-state index is 13.3. The molecular formula is C29H40N2O9. The van der Waals surface area contributed by atoms with Crippen LogP contribution in [-0.4, -0.2) is 76.0 Å². The van der Waals surface area contributed by atoms with Gasteiger partial charge in [0.05, 0.1) is 25.0 Å². The Balaban J connectivity index is 2.60. The molecule has 0 saturated carbocycles. The number of aliphatic hydroxyl groups is 4. The van der Waals surface area contributed by atoms with Gasteiger partial charge in [0.1, 0.15) is 6.10 Å². The van der Waals surface area contributed by atoms with Crippen molar-refractivity contribution in [3.05, 3.63) is 58.4 Å². The van der Waals surface area contributed by atoms with Gasteiger partial charge in [-0.1, -0.05) is 38.2 Å². The number of amides is 2. The zero-order valence-electron chi connectivity index (χ0n) is 23.3. The monoisotopic (exact) mass is 560 g/mol. The van der Waals surface area contributed by atoms with Gasteiger partial charge in [-0.05, 0) is 38.2 Å². The number of ketones is 2. The van der Waals surface area contributed by atoms with Crippen molar-refractivity contribution in [2.24, 2.45) is 29.4 Å². The van der Waals surface area contributed by atoms with Crippen molar-refractivity contribution in [2.45, 2.75) is 52.7 Å². The second-order valence-electron chi connectivity index (χ2n) is 10.5. The molecule has 2 bridgehead atoms. The Morgan fingerprint density at radius 3 is 2.38 bits per heavy atom. The Kier molecular flexibility index (Phi) is 12.2. The highest BCUT2D eigenvalue weighted by atomic mass is 16.6. The maximum atomic E-state index is 13.3. The van der Waals surface area contributed by atoms with E-state index in [-0.39, 0.29) is 47.8 Å². The van der Waals surface area contributed by atoms with Gasteiger partial charge < -0.3 is 36.2 Å². The predicted molar refractivity (Wildman–Crippen MR) is 146 cm³/mol. The van der Waals surface area contributed by atoms with Gasteiger partial charge in [0.15, 0.2) is 5.78 Å². The van der Waals surface area contributed by atoms with E-state index in [1.165, 1.54) is 25.2 Å². The number of primary amides is 1. The lowest BCUT2D eigenvalue weighted by atomic mass is 9.80. The Hall–Kier alpha value is -3.38. The highest BCUT2D eigenvalue weighted by Crippen LogP contribution is 2.30. The number of carbonyl (C=O) groups is 4. The van der Waals surface area contributed by atoms with E-state index in [0.717, 1.165) is 6.08 Å². The number of nitrogens with two attached hydrogens (primary N) is 1. The SMILES string of the molecule is C/C1=C\C=C/[C@H](CO)[C@@H](OC(N)=O)/C(C)=C/[C@H](C)[C@@H](O)C(CO)C[C@H](C)CC2=C(CO)C(=O)C=C(NC1=O)C2=O. The fourth-order valence-electron chi connectivity index (χ4n) is 5.06. The highest BCUT2D eigenvalue weighted by Gasteiger charge is 2.32. The average molecular weight is 561 g/mol. The average Bonchev–Trinajstić information content (AvgIpc) is 2.90. The first-order valence-corrected chi connectivity index (χ1v) is 13.2. The standard InChI is InChI=1S/C29H40N2O9/c1-15-8-20(13-33)25(36)17(3)10-18(4)27(40-29(30)39)19(12-32)7-5-6-16(2)28(38)31-23-11-24(35)22(14-34)21(9-15)26(23)37/h5-7,10-11,15,17,19-20,25,27,32-34,36H,8-9,12-14H2,1-4H3,(H2,30,39)(H,31,38)/b7-5-,16-6+,18-10+/t15-,17-,19+,20?,25+,27-/m0/s1. The second-order valence-corrected chi connectivity index (χ2v) is 10.5. The van der Waals surface area contributed by atoms with Gasteiger partial charge >= 0.3 is 6.09 Å². The van der Waals surface area contributed by atoms with Crippen molar-refractivity contribution in [2.75, 3.05) is 19.8 Å². The van der Waals surface area contributed by atoms with Crippen LogP contribution in [0.5, 0.6) is 0 Å². The van der Waals surface area contributed by atoms with E-state index in [4.69, 9.17) is 10.5 Å².